The first-order valence-electron chi connectivity index (χ1n) is 10.2. The van der Waals surface area contributed by atoms with Crippen LogP contribution in [0.25, 0.3) is 0 Å². The number of carboxylic acids is 1. The smallest absolute Gasteiger partial charge is 0.307 e. The molecule has 0 bridgehead atoms. The van der Waals surface area contributed by atoms with Gasteiger partial charge in [0.1, 0.15) is 6.07 Å². The first-order valence-corrected chi connectivity index (χ1v) is 10.2. The van der Waals surface area contributed by atoms with Crippen LogP contribution in [0, 0.1) is 17.2 Å². The zero-order valence-electron chi connectivity index (χ0n) is 16.8. The largest absolute Gasteiger partial charge is 0.481 e. The van der Waals surface area contributed by atoms with Crippen molar-refractivity contribution in [2.24, 2.45) is 5.92 Å². The molecule has 0 aliphatic carbocycles. The van der Waals surface area contributed by atoms with Gasteiger partial charge in [-0.05, 0) is 31.4 Å². The number of nitrogens with zero attached hydrogens (tertiary/aromatic N) is 1. The molecular weight excluding hydrogens is 352 g/mol. The van der Waals surface area contributed by atoms with Crippen molar-refractivity contribution in [3.63, 3.8) is 0 Å². The number of unbranched alkanes of at least 4 members (excludes halogenated alkanes) is 7. The number of carbonyl (C=O) groups excluding carboxylic acids is 1. The fraction of sp³-hybridized carbons (Fsp3) is 0.522. The van der Waals surface area contributed by atoms with Crippen molar-refractivity contribution >= 4 is 17.6 Å². The average Bonchev–Trinajstić information content (AvgIpc) is 2.68. The average molecular weight is 385 g/mol. The molecule has 5 heteroatoms. The molecular formula is C23H32N2O3. The van der Waals surface area contributed by atoms with Gasteiger partial charge < -0.3 is 10.4 Å². The Morgan fingerprint density at radius 3 is 2.46 bits per heavy atom. The van der Waals surface area contributed by atoms with Crippen LogP contribution in [0.1, 0.15) is 76.7 Å². The van der Waals surface area contributed by atoms with Crippen molar-refractivity contribution in [3.8, 4) is 6.07 Å². The highest BCUT2D eigenvalue weighted by atomic mass is 16.4. The molecule has 28 heavy (non-hydrogen) atoms. The summed E-state index contributed by atoms with van der Waals surface area (Å²) in [5.41, 5.74) is 0.769. The number of nitrogens with one attached hydrogen (secondary N) is 1. The van der Waals surface area contributed by atoms with Gasteiger partial charge in [0.2, 0.25) is 5.91 Å². The molecule has 1 rings (SSSR count). The second-order valence-corrected chi connectivity index (χ2v) is 7.06. The Kier molecular flexibility index (Phi) is 12.1. The minimum Gasteiger partial charge on any atom is -0.481 e. The van der Waals surface area contributed by atoms with Crippen molar-refractivity contribution in [3.05, 3.63) is 42.0 Å². The number of allylic oxidation sites excluding steroid dienone is 2. The fourth-order valence-electron chi connectivity index (χ4n) is 2.98. The van der Waals surface area contributed by atoms with Gasteiger partial charge in [-0.2, -0.15) is 5.26 Å². The lowest BCUT2D eigenvalue weighted by Gasteiger charge is -2.11. The second kappa shape index (κ2) is 14.4. The van der Waals surface area contributed by atoms with Gasteiger partial charge in [-0.25, -0.2) is 0 Å². The van der Waals surface area contributed by atoms with Crippen LogP contribution in [0.15, 0.2) is 36.4 Å². The van der Waals surface area contributed by atoms with Gasteiger partial charge in [0.25, 0.3) is 0 Å². The SMILES string of the molecule is CCCCCCCCCC=CCC(CC(=O)Nc1ccccc1C#N)C(=O)O. The number of anilines is 1. The molecule has 0 saturated carbocycles. The molecule has 0 fully saturated rings. The zero-order chi connectivity index (χ0) is 20.6. The predicted octanol–water partition coefficient (Wildman–Crippen LogP) is 5.67. The molecule has 0 heterocycles. The van der Waals surface area contributed by atoms with Crippen molar-refractivity contribution in [1.29, 1.82) is 5.26 Å². The number of nitriles is 1. The number of hydrogen-bond donors (Lipinski definition) is 2. The second-order valence-electron chi connectivity index (χ2n) is 7.06. The summed E-state index contributed by atoms with van der Waals surface area (Å²) in [6.45, 7) is 2.21. The summed E-state index contributed by atoms with van der Waals surface area (Å²) < 4.78 is 0. The molecule has 1 amide bonds. The number of carbonyl (C=O) groups is 2. The molecule has 152 valence electrons. The van der Waals surface area contributed by atoms with Gasteiger partial charge in [0, 0.05) is 6.42 Å². The van der Waals surface area contributed by atoms with Crippen LogP contribution in [-0.2, 0) is 9.59 Å². The summed E-state index contributed by atoms with van der Waals surface area (Å²) in [5, 5.41) is 21.1. The number of para-hydroxylation sites is 1. The lowest BCUT2D eigenvalue weighted by molar-refractivity contribution is -0.143. The number of hydrogen-bond acceptors (Lipinski definition) is 3. The Bertz CT molecular complexity index is 677. The first-order chi connectivity index (χ1) is 13.6. The number of aliphatic carboxylic acids is 1. The summed E-state index contributed by atoms with van der Waals surface area (Å²) >= 11 is 0. The van der Waals surface area contributed by atoms with E-state index in [0.29, 0.717) is 17.7 Å². The number of benzene rings is 1. The van der Waals surface area contributed by atoms with E-state index in [1.54, 1.807) is 24.3 Å². The Morgan fingerprint density at radius 2 is 1.79 bits per heavy atom. The van der Waals surface area contributed by atoms with Crippen LogP contribution in [0.3, 0.4) is 0 Å². The standard InChI is InChI=1S/C23H32N2O3/c1-2-3-4-5-6-7-8-9-10-11-14-19(23(27)28)17-22(26)25-21-16-13-12-15-20(21)18-24/h10-13,15-16,19H,2-9,14,17H2,1H3,(H,25,26)(H,27,28). The molecule has 0 spiro atoms. The Hall–Kier alpha value is -2.61. The van der Waals surface area contributed by atoms with Crippen molar-refractivity contribution in [1.82, 2.24) is 0 Å². The van der Waals surface area contributed by atoms with Crippen molar-refractivity contribution in [2.75, 3.05) is 5.32 Å². The molecule has 0 saturated heterocycles. The third-order valence-corrected chi connectivity index (χ3v) is 4.66. The van der Waals surface area contributed by atoms with Gasteiger partial charge in [0.15, 0.2) is 0 Å². The molecule has 1 aromatic carbocycles. The first kappa shape index (κ1) is 23.4. The van der Waals surface area contributed by atoms with E-state index in [9.17, 15) is 14.7 Å². The topological polar surface area (TPSA) is 90.2 Å². The molecule has 1 aromatic rings. The summed E-state index contributed by atoms with van der Waals surface area (Å²) in [7, 11) is 0. The highest BCUT2D eigenvalue weighted by molar-refractivity contribution is 5.94. The van der Waals surface area contributed by atoms with Gasteiger partial charge in [-0.1, -0.05) is 69.7 Å². The van der Waals surface area contributed by atoms with Crippen LogP contribution < -0.4 is 5.32 Å². The van der Waals surface area contributed by atoms with Gasteiger partial charge in [0.05, 0.1) is 17.2 Å². The Labute approximate surface area is 168 Å². The molecule has 0 aliphatic rings. The normalized spacial score (nSPS) is 11.9. The summed E-state index contributed by atoms with van der Waals surface area (Å²) in [4.78, 5) is 23.6. The van der Waals surface area contributed by atoms with E-state index >= 15 is 0 Å². The number of carboxylic acid groups (broad SMARTS) is 1. The van der Waals surface area contributed by atoms with E-state index in [-0.39, 0.29) is 6.42 Å². The van der Waals surface area contributed by atoms with Gasteiger partial charge in [-0.15, -0.1) is 0 Å². The van der Waals surface area contributed by atoms with Gasteiger partial charge >= 0.3 is 5.97 Å². The minimum atomic E-state index is -0.982. The van der Waals surface area contributed by atoms with Crippen LogP contribution >= 0.6 is 0 Å². The quantitative estimate of drug-likeness (QED) is 0.319. The molecule has 0 aliphatic heterocycles. The molecule has 1 atom stereocenters. The van der Waals surface area contributed by atoms with Crippen LogP contribution in [-0.4, -0.2) is 17.0 Å². The minimum absolute atomic E-state index is 0.114. The molecule has 0 radical (unpaired) electrons. The van der Waals surface area contributed by atoms with E-state index in [1.165, 1.54) is 38.5 Å². The zero-order valence-corrected chi connectivity index (χ0v) is 16.8. The molecule has 2 N–H and O–H groups in total. The van der Waals surface area contributed by atoms with Crippen LogP contribution in [0.5, 0.6) is 0 Å². The van der Waals surface area contributed by atoms with E-state index in [4.69, 9.17) is 5.26 Å². The van der Waals surface area contributed by atoms with E-state index in [0.717, 1.165) is 12.8 Å². The molecule has 5 nitrogen and oxygen atoms in total. The van der Waals surface area contributed by atoms with Crippen molar-refractivity contribution in [2.45, 2.75) is 71.1 Å². The lowest BCUT2D eigenvalue weighted by Crippen LogP contribution is -2.22. The summed E-state index contributed by atoms with van der Waals surface area (Å²) in [6.07, 6.45) is 13.8. The third-order valence-electron chi connectivity index (χ3n) is 4.66. The maximum absolute atomic E-state index is 12.2. The monoisotopic (exact) mass is 384 g/mol. The summed E-state index contributed by atoms with van der Waals surface area (Å²) in [6, 6.07) is 8.68. The molecule has 1 unspecified atom stereocenters. The Balaban J connectivity index is 2.34. The fourth-order valence-corrected chi connectivity index (χ4v) is 2.98. The van der Waals surface area contributed by atoms with Crippen molar-refractivity contribution < 1.29 is 14.7 Å². The third kappa shape index (κ3) is 9.91. The van der Waals surface area contributed by atoms with E-state index < -0.39 is 17.8 Å². The lowest BCUT2D eigenvalue weighted by atomic mass is 10.00. The van der Waals surface area contributed by atoms with Crippen LogP contribution in [0.2, 0.25) is 0 Å². The predicted molar refractivity (Wildman–Crippen MR) is 112 cm³/mol. The Morgan fingerprint density at radius 1 is 1.11 bits per heavy atom. The highest BCUT2D eigenvalue weighted by Gasteiger charge is 2.20. The maximum Gasteiger partial charge on any atom is 0.307 e. The van der Waals surface area contributed by atoms with Gasteiger partial charge in [-0.3, -0.25) is 9.59 Å². The maximum atomic E-state index is 12.2. The van der Waals surface area contributed by atoms with E-state index in [2.05, 4.69) is 12.2 Å². The summed E-state index contributed by atoms with van der Waals surface area (Å²) in [5.74, 6) is -2.14. The molecule has 0 aromatic heterocycles. The van der Waals surface area contributed by atoms with Crippen LogP contribution in [0.4, 0.5) is 5.69 Å². The number of amides is 1. The number of rotatable bonds is 14. The highest BCUT2D eigenvalue weighted by Crippen LogP contribution is 2.17. The van der Waals surface area contributed by atoms with E-state index in [1.807, 2.05) is 18.2 Å².